The smallest absolute Gasteiger partial charge is 0.387 e. The fourth-order valence-corrected chi connectivity index (χ4v) is 1.99. The summed E-state index contributed by atoms with van der Waals surface area (Å²) in [6.07, 6.45) is 1.74. The van der Waals surface area contributed by atoms with Crippen molar-refractivity contribution in [3.8, 4) is 11.5 Å². The summed E-state index contributed by atoms with van der Waals surface area (Å²) in [7, 11) is 0. The fourth-order valence-electron chi connectivity index (χ4n) is 1.79. The number of H-pyrrole nitrogens is 1. The van der Waals surface area contributed by atoms with E-state index in [0.29, 0.717) is 12.2 Å². The van der Waals surface area contributed by atoms with Gasteiger partial charge in [-0.1, -0.05) is 6.92 Å². The van der Waals surface area contributed by atoms with Gasteiger partial charge in [-0.2, -0.15) is 32.4 Å². The van der Waals surface area contributed by atoms with Gasteiger partial charge in [-0.15, -0.1) is 0 Å². The molecule has 0 radical (unpaired) electrons. The first-order valence-corrected chi connectivity index (χ1v) is 7.05. The molecule has 2 rings (SSSR count). The SMILES string of the molecule is CCc1n[nH]c(=S)n1/N=C\c1ccc(OC(F)F)cc1OC(F)F. The summed E-state index contributed by atoms with van der Waals surface area (Å²) in [6, 6.07) is 3.37. The van der Waals surface area contributed by atoms with Crippen LogP contribution in [-0.2, 0) is 6.42 Å². The van der Waals surface area contributed by atoms with Crippen LogP contribution in [0.25, 0.3) is 0 Å². The van der Waals surface area contributed by atoms with Gasteiger partial charge in [0.25, 0.3) is 0 Å². The van der Waals surface area contributed by atoms with Crippen LogP contribution < -0.4 is 9.47 Å². The number of aromatic nitrogens is 3. The highest BCUT2D eigenvalue weighted by atomic mass is 32.1. The van der Waals surface area contributed by atoms with E-state index in [-0.39, 0.29) is 21.8 Å². The lowest BCUT2D eigenvalue weighted by molar-refractivity contribution is -0.0543. The Morgan fingerprint density at radius 3 is 2.62 bits per heavy atom. The lowest BCUT2D eigenvalue weighted by atomic mass is 10.2. The number of rotatable bonds is 7. The van der Waals surface area contributed by atoms with E-state index in [2.05, 4.69) is 24.8 Å². The van der Waals surface area contributed by atoms with E-state index in [4.69, 9.17) is 12.2 Å². The first-order valence-electron chi connectivity index (χ1n) is 6.65. The van der Waals surface area contributed by atoms with Gasteiger partial charge >= 0.3 is 13.2 Å². The topological polar surface area (TPSA) is 64.4 Å². The number of alkyl halides is 4. The molecule has 0 fully saturated rings. The molecule has 1 N–H and O–H groups in total. The molecule has 2 aromatic rings. The van der Waals surface area contributed by atoms with Gasteiger partial charge in [-0.3, -0.25) is 5.10 Å². The molecule has 0 saturated carbocycles. The second kappa shape index (κ2) is 7.90. The van der Waals surface area contributed by atoms with Crippen molar-refractivity contribution in [1.82, 2.24) is 14.9 Å². The maximum absolute atomic E-state index is 12.5. The fraction of sp³-hybridized carbons (Fsp3) is 0.308. The number of halogens is 4. The van der Waals surface area contributed by atoms with E-state index in [0.717, 1.165) is 6.07 Å². The molecule has 0 unspecified atom stereocenters. The van der Waals surface area contributed by atoms with Crippen LogP contribution in [0.2, 0.25) is 0 Å². The standard InChI is InChI=1S/C13H12F4N4O2S/c1-2-10-19-20-13(24)21(10)18-6-7-3-4-8(22-11(14)15)5-9(7)23-12(16)17/h3-6,11-12H,2H2,1H3,(H,20,24)/b18-6-. The van der Waals surface area contributed by atoms with Crippen molar-refractivity contribution < 1.29 is 27.0 Å². The van der Waals surface area contributed by atoms with Gasteiger partial charge in [0, 0.05) is 18.1 Å². The molecular formula is C13H12F4N4O2S. The third-order valence-corrected chi connectivity index (χ3v) is 3.04. The molecule has 0 aliphatic rings. The van der Waals surface area contributed by atoms with Gasteiger partial charge in [0.15, 0.2) is 5.82 Å². The molecular weight excluding hydrogens is 352 g/mol. The second-order valence-corrected chi connectivity index (χ2v) is 4.70. The van der Waals surface area contributed by atoms with Crippen LogP contribution in [0, 0.1) is 4.77 Å². The molecule has 11 heteroatoms. The third kappa shape index (κ3) is 4.54. The Labute approximate surface area is 138 Å². The summed E-state index contributed by atoms with van der Waals surface area (Å²) in [4.78, 5) is 0. The molecule has 6 nitrogen and oxygen atoms in total. The molecule has 0 spiro atoms. The van der Waals surface area contributed by atoms with Gasteiger partial charge < -0.3 is 9.47 Å². The Balaban J connectivity index is 2.35. The predicted octanol–water partition coefficient (Wildman–Crippen LogP) is 3.59. The van der Waals surface area contributed by atoms with Crippen LogP contribution in [0.3, 0.4) is 0 Å². The second-order valence-electron chi connectivity index (χ2n) is 4.31. The number of aromatic amines is 1. The molecule has 1 heterocycles. The number of hydrogen-bond acceptors (Lipinski definition) is 5. The Morgan fingerprint density at radius 1 is 1.29 bits per heavy atom. The molecule has 0 saturated heterocycles. The first-order chi connectivity index (χ1) is 11.4. The van der Waals surface area contributed by atoms with Gasteiger partial charge in [0.2, 0.25) is 4.77 Å². The number of hydrogen-bond donors (Lipinski definition) is 1. The van der Waals surface area contributed by atoms with Crippen LogP contribution in [0.1, 0.15) is 18.3 Å². The normalized spacial score (nSPS) is 11.6. The molecule has 0 atom stereocenters. The van der Waals surface area contributed by atoms with Gasteiger partial charge in [-0.05, 0) is 24.4 Å². The van der Waals surface area contributed by atoms with E-state index in [1.54, 1.807) is 0 Å². The lowest BCUT2D eigenvalue weighted by Gasteiger charge is -2.10. The highest BCUT2D eigenvalue weighted by Crippen LogP contribution is 2.26. The van der Waals surface area contributed by atoms with Gasteiger partial charge in [0.05, 0.1) is 6.21 Å². The van der Waals surface area contributed by atoms with Crippen molar-refractivity contribution >= 4 is 18.4 Å². The lowest BCUT2D eigenvalue weighted by Crippen LogP contribution is -2.07. The Bertz CT molecular complexity index is 776. The molecule has 130 valence electrons. The quantitative estimate of drug-likeness (QED) is 0.463. The molecule has 24 heavy (non-hydrogen) atoms. The minimum atomic E-state index is -3.14. The van der Waals surface area contributed by atoms with E-state index < -0.39 is 13.2 Å². The van der Waals surface area contributed by atoms with Crippen molar-refractivity contribution in [3.05, 3.63) is 34.4 Å². The van der Waals surface area contributed by atoms with E-state index in [1.807, 2.05) is 6.92 Å². The van der Waals surface area contributed by atoms with Crippen LogP contribution in [-0.4, -0.2) is 34.3 Å². The van der Waals surface area contributed by atoms with Crippen LogP contribution >= 0.6 is 12.2 Å². The molecule has 0 bridgehead atoms. The molecule has 1 aromatic heterocycles. The van der Waals surface area contributed by atoms with Crippen molar-refractivity contribution in [2.45, 2.75) is 26.6 Å². The maximum Gasteiger partial charge on any atom is 0.387 e. The van der Waals surface area contributed by atoms with E-state index in [1.165, 1.54) is 23.0 Å². The number of nitrogens with one attached hydrogen (secondary N) is 1. The van der Waals surface area contributed by atoms with E-state index in [9.17, 15) is 17.6 Å². The number of nitrogens with zero attached hydrogens (tertiary/aromatic N) is 3. The number of aryl methyl sites for hydroxylation is 1. The largest absolute Gasteiger partial charge is 0.435 e. The average Bonchev–Trinajstić information content (AvgIpc) is 2.85. The summed E-state index contributed by atoms with van der Waals surface area (Å²) in [5.41, 5.74) is 0.127. The maximum atomic E-state index is 12.5. The average molecular weight is 364 g/mol. The molecule has 0 aliphatic heterocycles. The number of ether oxygens (including phenoxy) is 2. The Hall–Kier alpha value is -2.43. The summed E-state index contributed by atoms with van der Waals surface area (Å²) in [6.45, 7) is -4.39. The van der Waals surface area contributed by atoms with Gasteiger partial charge in [0.1, 0.15) is 11.5 Å². The minimum absolute atomic E-state index is 0.127. The van der Waals surface area contributed by atoms with Crippen molar-refractivity contribution in [2.75, 3.05) is 0 Å². The highest BCUT2D eigenvalue weighted by molar-refractivity contribution is 7.71. The zero-order valence-electron chi connectivity index (χ0n) is 12.2. The predicted molar refractivity (Wildman–Crippen MR) is 79.5 cm³/mol. The monoisotopic (exact) mass is 364 g/mol. The summed E-state index contributed by atoms with van der Waals surface area (Å²) in [5.74, 6) is -0.142. The van der Waals surface area contributed by atoms with Gasteiger partial charge in [-0.25, -0.2) is 0 Å². The summed E-state index contributed by atoms with van der Waals surface area (Å²) in [5, 5.41) is 10.5. The van der Waals surface area contributed by atoms with Crippen molar-refractivity contribution in [1.29, 1.82) is 0 Å². The third-order valence-electron chi connectivity index (χ3n) is 2.77. The molecule has 1 aromatic carbocycles. The van der Waals surface area contributed by atoms with Crippen molar-refractivity contribution in [2.24, 2.45) is 5.10 Å². The summed E-state index contributed by atoms with van der Waals surface area (Å²) < 4.78 is 59.4. The zero-order chi connectivity index (χ0) is 17.7. The Kier molecular flexibility index (Phi) is 5.90. The summed E-state index contributed by atoms with van der Waals surface area (Å²) >= 11 is 5.00. The number of benzene rings is 1. The van der Waals surface area contributed by atoms with E-state index >= 15 is 0 Å². The first kappa shape index (κ1) is 17.9. The van der Waals surface area contributed by atoms with Crippen LogP contribution in [0.4, 0.5) is 17.6 Å². The Morgan fingerprint density at radius 2 is 2.00 bits per heavy atom. The highest BCUT2D eigenvalue weighted by Gasteiger charge is 2.13. The van der Waals surface area contributed by atoms with Crippen LogP contribution in [0.15, 0.2) is 23.3 Å². The molecule has 0 aliphatic carbocycles. The molecule has 0 amide bonds. The van der Waals surface area contributed by atoms with Crippen molar-refractivity contribution in [3.63, 3.8) is 0 Å². The minimum Gasteiger partial charge on any atom is -0.435 e. The van der Waals surface area contributed by atoms with Crippen LogP contribution in [0.5, 0.6) is 11.5 Å². The zero-order valence-corrected chi connectivity index (χ0v) is 13.1.